The molecule has 0 aromatic heterocycles. The summed E-state index contributed by atoms with van der Waals surface area (Å²) in [5.41, 5.74) is 0.559. The third-order valence-electron chi connectivity index (χ3n) is 8.22. The molecule has 36 heavy (non-hydrogen) atoms. The van der Waals surface area contributed by atoms with Crippen molar-refractivity contribution >= 4 is 16.1 Å². The summed E-state index contributed by atoms with van der Waals surface area (Å²) in [5, 5.41) is 0. The van der Waals surface area contributed by atoms with Gasteiger partial charge in [0, 0.05) is 32.2 Å². The topological polar surface area (TPSA) is 88.2 Å². The number of carbonyl (C=O) groups is 1. The molecule has 2 saturated heterocycles. The first-order chi connectivity index (χ1) is 17.3. The predicted molar refractivity (Wildman–Crippen MR) is 134 cm³/mol. The number of halogens is 1. The minimum atomic E-state index is -4.08. The van der Waals surface area contributed by atoms with Gasteiger partial charge in [-0.15, -0.1) is 0 Å². The van der Waals surface area contributed by atoms with E-state index in [4.69, 9.17) is 9.47 Å². The minimum Gasteiger partial charge on any atom is -0.493 e. The van der Waals surface area contributed by atoms with E-state index in [0.29, 0.717) is 31.1 Å². The zero-order chi connectivity index (χ0) is 25.3. The van der Waals surface area contributed by atoms with Crippen molar-refractivity contribution in [1.82, 2.24) is 13.9 Å². The molecular formula is C26H38FN3O5S. The standard InChI is InChI=1S/C26H38FN3O5S/c1-29-15-21(16-29)35-20-9-11-30(12-10-20)36(32,33)28-26(31)23-13-22(19-7-4-8-19)25(14-24(23)27)34-17-18-5-2-3-6-18/h13-14,18-21H,2-12,15-17H2,1H3,(H,28,31). The van der Waals surface area contributed by atoms with Gasteiger partial charge in [-0.3, -0.25) is 4.79 Å². The van der Waals surface area contributed by atoms with Crippen molar-refractivity contribution in [3.8, 4) is 5.75 Å². The van der Waals surface area contributed by atoms with Crippen molar-refractivity contribution < 1.29 is 27.1 Å². The van der Waals surface area contributed by atoms with Gasteiger partial charge in [0.15, 0.2) is 0 Å². The molecule has 0 spiro atoms. The maximum Gasteiger partial charge on any atom is 0.304 e. The molecule has 1 aromatic rings. The molecule has 4 aliphatic rings. The number of piperidine rings is 1. The number of ether oxygens (including phenoxy) is 2. The Morgan fingerprint density at radius 3 is 2.33 bits per heavy atom. The van der Waals surface area contributed by atoms with Gasteiger partial charge >= 0.3 is 10.2 Å². The van der Waals surface area contributed by atoms with Gasteiger partial charge in [0.05, 0.1) is 24.4 Å². The lowest BCUT2D eigenvalue weighted by molar-refractivity contribution is -0.0957. The van der Waals surface area contributed by atoms with E-state index < -0.39 is 21.9 Å². The molecule has 200 valence electrons. The Bertz CT molecular complexity index is 1040. The molecule has 0 atom stereocenters. The average Bonchev–Trinajstić information content (AvgIpc) is 3.30. The van der Waals surface area contributed by atoms with E-state index in [9.17, 15) is 13.2 Å². The summed E-state index contributed by atoms with van der Waals surface area (Å²) in [4.78, 5) is 15.1. The van der Waals surface area contributed by atoms with Crippen molar-refractivity contribution in [2.45, 2.75) is 75.9 Å². The number of likely N-dealkylation sites (tertiary alicyclic amines) is 1. The van der Waals surface area contributed by atoms with Crippen molar-refractivity contribution in [2.75, 3.05) is 39.8 Å². The number of rotatable bonds is 9. The SMILES string of the molecule is CN1CC(OC2CCN(S(=O)(=O)NC(=O)c3cc(C4CCC4)c(OCC4CCCC4)cc3F)CC2)C1. The van der Waals surface area contributed by atoms with Crippen LogP contribution >= 0.6 is 0 Å². The summed E-state index contributed by atoms with van der Waals surface area (Å²) >= 11 is 0. The Labute approximate surface area is 213 Å². The molecule has 1 amide bonds. The van der Waals surface area contributed by atoms with Gasteiger partial charge in [-0.1, -0.05) is 19.3 Å². The lowest BCUT2D eigenvalue weighted by atomic mass is 9.79. The lowest BCUT2D eigenvalue weighted by Gasteiger charge is -2.40. The van der Waals surface area contributed by atoms with Crippen LogP contribution in [0.2, 0.25) is 0 Å². The number of hydrogen-bond donors (Lipinski definition) is 1. The second-order valence-electron chi connectivity index (χ2n) is 11.0. The highest BCUT2D eigenvalue weighted by Crippen LogP contribution is 2.42. The van der Waals surface area contributed by atoms with E-state index in [1.165, 1.54) is 29.3 Å². The molecule has 2 aliphatic carbocycles. The van der Waals surface area contributed by atoms with E-state index in [0.717, 1.165) is 50.8 Å². The van der Waals surface area contributed by atoms with Crippen LogP contribution in [0.4, 0.5) is 4.39 Å². The van der Waals surface area contributed by atoms with E-state index >= 15 is 4.39 Å². The Morgan fingerprint density at radius 1 is 1.03 bits per heavy atom. The molecule has 2 aliphatic heterocycles. The van der Waals surface area contributed by atoms with Crippen LogP contribution in [0.15, 0.2) is 12.1 Å². The summed E-state index contributed by atoms with van der Waals surface area (Å²) in [7, 11) is -2.05. The van der Waals surface area contributed by atoms with Gasteiger partial charge in [0.25, 0.3) is 5.91 Å². The molecule has 0 unspecified atom stereocenters. The third-order valence-corrected chi connectivity index (χ3v) is 9.70. The molecular weight excluding hydrogens is 485 g/mol. The highest BCUT2D eigenvalue weighted by molar-refractivity contribution is 7.87. The van der Waals surface area contributed by atoms with Crippen molar-refractivity contribution in [3.05, 3.63) is 29.1 Å². The fourth-order valence-electron chi connectivity index (χ4n) is 5.74. The zero-order valence-electron chi connectivity index (χ0n) is 21.1. The van der Waals surface area contributed by atoms with Crippen LogP contribution in [0.3, 0.4) is 0 Å². The van der Waals surface area contributed by atoms with Crippen LogP contribution < -0.4 is 9.46 Å². The molecule has 5 rings (SSSR count). The molecule has 1 aromatic carbocycles. The van der Waals surface area contributed by atoms with Gasteiger partial charge in [0.2, 0.25) is 0 Å². The van der Waals surface area contributed by atoms with Gasteiger partial charge < -0.3 is 14.4 Å². The van der Waals surface area contributed by atoms with E-state index in [2.05, 4.69) is 9.62 Å². The van der Waals surface area contributed by atoms with Crippen LogP contribution in [-0.2, 0) is 14.9 Å². The molecule has 8 nitrogen and oxygen atoms in total. The summed E-state index contributed by atoms with van der Waals surface area (Å²) in [5.74, 6) is -0.513. The number of hydrogen-bond acceptors (Lipinski definition) is 6. The van der Waals surface area contributed by atoms with Gasteiger partial charge in [-0.05, 0) is 69.0 Å². The first-order valence-corrected chi connectivity index (χ1v) is 14.8. The summed E-state index contributed by atoms with van der Waals surface area (Å²) < 4.78 is 56.3. The molecule has 2 saturated carbocycles. The predicted octanol–water partition coefficient (Wildman–Crippen LogP) is 3.43. The van der Waals surface area contributed by atoms with Crippen molar-refractivity contribution in [3.63, 3.8) is 0 Å². The van der Waals surface area contributed by atoms with Gasteiger partial charge in [0.1, 0.15) is 11.6 Å². The van der Waals surface area contributed by atoms with Crippen LogP contribution in [0.1, 0.15) is 79.6 Å². The van der Waals surface area contributed by atoms with Crippen LogP contribution in [0.5, 0.6) is 5.75 Å². The first kappa shape index (κ1) is 25.9. The van der Waals surface area contributed by atoms with E-state index in [-0.39, 0.29) is 36.8 Å². The summed E-state index contributed by atoms with van der Waals surface area (Å²) in [6.07, 6.45) is 9.02. The molecule has 0 bridgehead atoms. The summed E-state index contributed by atoms with van der Waals surface area (Å²) in [6, 6.07) is 2.77. The normalized spacial score (nSPS) is 23.4. The Morgan fingerprint density at radius 2 is 1.72 bits per heavy atom. The van der Waals surface area contributed by atoms with Gasteiger partial charge in [-0.25, -0.2) is 9.11 Å². The minimum absolute atomic E-state index is 0.0186. The number of carbonyl (C=O) groups excluding carboxylic acids is 1. The number of nitrogens with one attached hydrogen (secondary N) is 1. The number of nitrogens with zero attached hydrogens (tertiary/aromatic N) is 2. The zero-order valence-corrected chi connectivity index (χ0v) is 21.9. The molecule has 4 fully saturated rings. The number of amides is 1. The third kappa shape index (κ3) is 5.87. The van der Waals surface area contributed by atoms with Crippen LogP contribution in [0, 0.1) is 11.7 Å². The highest BCUT2D eigenvalue weighted by Gasteiger charge is 2.34. The molecule has 10 heteroatoms. The fraction of sp³-hybridized carbons (Fsp3) is 0.731. The molecule has 1 N–H and O–H groups in total. The quantitative estimate of drug-likeness (QED) is 0.534. The Balaban J connectivity index is 1.22. The van der Waals surface area contributed by atoms with Crippen LogP contribution in [0.25, 0.3) is 0 Å². The summed E-state index contributed by atoms with van der Waals surface area (Å²) in [6.45, 7) is 2.87. The lowest BCUT2D eigenvalue weighted by Crippen LogP contribution is -2.53. The first-order valence-electron chi connectivity index (χ1n) is 13.4. The average molecular weight is 524 g/mol. The van der Waals surface area contributed by atoms with Crippen molar-refractivity contribution in [2.24, 2.45) is 5.92 Å². The van der Waals surface area contributed by atoms with E-state index in [1.807, 2.05) is 7.05 Å². The smallest absolute Gasteiger partial charge is 0.304 e. The molecule has 2 heterocycles. The highest BCUT2D eigenvalue weighted by atomic mass is 32.2. The monoisotopic (exact) mass is 523 g/mol. The maximum absolute atomic E-state index is 15.1. The van der Waals surface area contributed by atoms with Crippen molar-refractivity contribution in [1.29, 1.82) is 0 Å². The maximum atomic E-state index is 15.1. The Kier molecular flexibility index (Phi) is 7.86. The second kappa shape index (κ2) is 10.9. The Hall–Kier alpha value is -1.75. The molecule has 0 radical (unpaired) electrons. The second-order valence-corrected chi connectivity index (χ2v) is 12.6. The van der Waals surface area contributed by atoms with Gasteiger partial charge in [-0.2, -0.15) is 12.7 Å². The number of benzene rings is 1. The van der Waals surface area contributed by atoms with E-state index in [1.54, 1.807) is 0 Å². The number of likely N-dealkylation sites (N-methyl/N-ethyl adjacent to an activating group) is 1. The fourth-order valence-corrected chi connectivity index (χ4v) is 6.90. The largest absolute Gasteiger partial charge is 0.493 e. The van der Waals surface area contributed by atoms with Crippen LogP contribution in [-0.4, -0.2) is 75.6 Å².